The number of esters is 1. The number of nitrogens with zero attached hydrogens (tertiary/aromatic N) is 2. The Labute approximate surface area is 112 Å². The van der Waals surface area contributed by atoms with E-state index in [9.17, 15) is 4.79 Å². The van der Waals surface area contributed by atoms with Crippen LogP contribution in [-0.4, -0.2) is 33.8 Å². The van der Waals surface area contributed by atoms with Crippen LogP contribution in [0.3, 0.4) is 0 Å². The maximum atomic E-state index is 11.6. The molecule has 1 rings (SSSR count). The summed E-state index contributed by atoms with van der Waals surface area (Å²) in [7, 11) is 0. The first-order chi connectivity index (χ1) is 8.56. The lowest BCUT2D eigenvalue weighted by Crippen LogP contribution is -2.46. The van der Waals surface area contributed by atoms with Gasteiger partial charge in [-0.25, -0.2) is 4.98 Å². The van der Waals surface area contributed by atoms with E-state index < -0.39 is 5.54 Å². The molecule has 1 heterocycles. The highest BCUT2D eigenvalue weighted by molar-refractivity contribution is 7.99. The van der Waals surface area contributed by atoms with Crippen LogP contribution in [0, 0.1) is 0 Å². The highest BCUT2D eigenvalue weighted by Gasteiger charge is 2.29. The summed E-state index contributed by atoms with van der Waals surface area (Å²) in [4.78, 5) is 19.7. The second-order valence-electron chi connectivity index (χ2n) is 4.13. The molecule has 0 saturated carbocycles. The molecule has 6 heteroatoms. The zero-order valence-electron chi connectivity index (χ0n) is 10.8. The Balaban J connectivity index is 2.27. The minimum atomic E-state index is -0.904. The lowest BCUT2D eigenvalue weighted by Gasteiger charge is -2.21. The Morgan fingerprint density at radius 1 is 1.56 bits per heavy atom. The van der Waals surface area contributed by atoms with Crippen molar-refractivity contribution in [1.82, 2.24) is 9.97 Å². The van der Waals surface area contributed by atoms with Gasteiger partial charge in [0, 0.05) is 12.4 Å². The molecule has 0 aliphatic rings. The van der Waals surface area contributed by atoms with Gasteiger partial charge in [0.1, 0.15) is 10.6 Å². The number of carbonyl (C=O) groups is 1. The van der Waals surface area contributed by atoms with Gasteiger partial charge < -0.3 is 10.5 Å². The molecule has 1 atom stereocenters. The van der Waals surface area contributed by atoms with Crippen molar-refractivity contribution in [2.75, 3.05) is 12.4 Å². The fourth-order valence-electron chi connectivity index (χ4n) is 1.37. The van der Waals surface area contributed by atoms with Gasteiger partial charge in [0.05, 0.1) is 12.8 Å². The molecule has 0 aliphatic heterocycles. The first kappa shape index (κ1) is 14.9. The third kappa shape index (κ3) is 5.01. The fourth-order valence-corrected chi connectivity index (χ4v) is 2.14. The van der Waals surface area contributed by atoms with Gasteiger partial charge in [0.25, 0.3) is 0 Å². The molecule has 0 saturated heterocycles. The second-order valence-corrected chi connectivity index (χ2v) is 5.25. The summed E-state index contributed by atoms with van der Waals surface area (Å²) >= 11 is 1.60. The highest BCUT2D eigenvalue weighted by Crippen LogP contribution is 2.18. The van der Waals surface area contributed by atoms with Crippen molar-refractivity contribution in [3.63, 3.8) is 0 Å². The van der Waals surface area contributed by atoms with Gasteiger partial charge in [-0.05, 0) is 32.4 Å². The normalized spacial score (nSPS) is 13.9. The third-order valence-electron chi connectivity index (χ3n) is 2.37. The molecule has 1 unspecified atom stereocenters. The van der Waals surface area contributed by atoms with Crippen LogP contribution in [0.15, 0.2) is 23.6 Å². The molecule has 0 aromatic carbocycles. The van der Waals surface area contributed by atoms with E-state index in [2.05, 4.69) is 9.97 Å². The van der Waals surface area contributed by atoms with E-state index in [1.54, 1.807) is 44.2 Å². The van der Waals surface area contributed by atoms with E-state index in [-0.39, 0.29) is 5.97 Å². The first-order valence-electron chi connectivity index (χ1n) is 5.91. The van der Waals surface area contributed by atoms with Crippen molar-refractivity contribution in [3.8, 4) is 0 Å². The predicted octanol–water partition coefficient (Wildman–Crippen LogP) is 1.63. The molecule has 0 fully saturated rings. The van der Waals surface area contributed by atoms with Crippen LogP contribution in [0.4, 0.5) is 0 Å². The van der Waals surface area contributed by atoms with E-state index in [1.165, 1.54) is 0 Å². The van der Waals surface area contributed by atoms with Crippen molar-refractivity contribution in [2.24, 2.45) is 5.73 Å². The number of thioether (sulfide) groups is 1. The van der Waals surface area contributed by atoms with Crippen LogP contribution < -0.4 is 5.73 Å². The zero-order valence-corrected chi connectivity index (χ0v) is 11.6. The molecule has 2 N–H and O–H groups in total. The summed E-state index contributed by atoms with van der Waals surface area (Å²) in [5.41, 5.74) is 5.01. The summed E-state index contributed by atoms with van der Waals surface area (Å²) in [6.07, 6.45) is 6.44. The van der Waals surface area contributed by atoms with E-state index in [4.69, 9.17) is 10.5 Å². The molecule has 1 aromatic rings. The predicted molar refractivity (Wildman–Crippen MR) is 71.2 cm³/mol. The molecule has 5 nitrogen and oxygen atoms in total. The topological polar surface area (TPSA) is 78.1 Å². The molecular formula is C12H19N3O2S. The SMILES string of the molecule is CCOC(=O)C(C)(N)CCCSc1cnccn1. The number of aromatic nitrogens is 2. The number of nitrogens with two attached hydrogens (primary N) is 1. The third-order valence-corrected chi connectivity index (χ3v) is 3.37. The molecule has 100 valence electrons. The Bertz CT molecular complexity index is 371. The maximum absolute atomic E-state index is 11.6. The Morgan fingerprint density at radius 3 is 2.94 bits per heavy atom. The number of rotatable bonds is 7. The highest BCUT2D eigenvalue weighted by atomic mass is 32.2. The summed E-state index contributed by atoms with van der Waals surface area (Å²) in [6.45, 7) is 3.84. The van der Waals surface area contributed by atoms with Crippen LogP contribution in [0.25, 0.3) is 0 Å². The Morgan fingerprint density at radius 2 is 2.33 bits per heavy atom. The van der Waals surface area contributed by atoms with E-state index in [1.807, 2.05) is 0 Å². The van der Waals surface area contributed by atoms with Gasteiger partial charge in [0.2, 0.25) is 0 Å². The molecule has 0 amide bonds. The minimum Gasteiger partial charge on any atom is -0.465 e. The summed E-state index contributed by atoms with van der Waals surface area (Å²) in [6, 6.07) is 0. The molecule has 0 spiro atoms. The van der Waals surface area contributed by atoms with Crippen LogP contribution >= 0.6 is 11.8 Å². The number of carbonyl (C=O) groups excluding carboxylic acids is 1. The first-order valence-corrected chi connectivity index (χ1v) is 6.89. The maximum Gasteiger partial charge on any atom is 0.325 e. The lowest BCUT2D eigenvalue weighted by molar-refractivity contribution is -0.149. The van der Waals surface area contributed by atoms with Gasteiger partial charge in [-0.15, -0.1) is 11.8 Å². The molecule has 18 heavy (non-hydrogen) atoms. The summed E-state index contributed by atoms with van der Waals surface area (Å²) < 4.78 is 4.93. The molecule has 0 bridgehead atoms. The fraction of sp³-hybridized carbons (Fsp3) is 0.583. The molecule has 0 aliphatic carbocycles. The summed E-state index contributed by atoms with van der Waals surface area (Å²) in [5, 5.41) is 0.882. The van der Waals surface area contributed by atoms with E-state index >= 15 is 0 Å². The van der Waals surface area contributed by atoms with Gasteiger partial charge in [-0.1, -0.05) is 0 Å². The molecule has 1 aromatic heterocycles. The largest absolute Gasteiger partial charge is 0.465 e. The monoisotopic (exact) mass is 269 g/mol. The van der Waals surface area contributed by atoms with Gasteiger partial charge >= 0.3 is 5.97 Å². The van der Waals surface area contributed by atoms with E-state index in [0.29, 0.717) is 13.0 Å². The average Bonchev–Trinajstić information content (AvgIpc) is 2.36. The zero-order chi connectivity index (χ0) is 13.4. The van der Waals surface area contributed by atoms with Crippen LogP contribution in [0.5, 0.6) is 0 Å². The van der Waals surface area contributed by atoms with Gasteiger partial charge in [-0.2, -0.15) is 0 Å². The standard InChI is InChI=1S/C12H19N3O2S/c1-3-17-11(16)12(2,13)5-4-8-18-10-9-14-6-7-15-10/h6-7,9H,3-5,8,13H2,1-2H3. The van der Waals surface area contributed by atoms with Gasteiger partial charge in [0.15, 0.2) is 0 Å². The number of hydrogen-bond acceptors (Lipinski definition) is 6. The number of hydrogen-bond donors (Lipinski definition) is 1. The minimum absolute atomic E-state index is 0.338. The van der Waals surface area contributed by atoms with Crippen molar-refractivity contribution < 1.29 is 9.53 Å². The van der Waals surface area contributed by atoms with Crippen LogP contribution in [0.1, 0.15) is 26.7 Å². The van der Waals surface area contributed by atoms with Crippen molar-refractivity contribution in [3.05, 3.63) is 18.6 Å². The second kappa shape index (κ2) is 7.33. The van der Waals surface area contributed by atoms with Crippen LogP contribution in [-0.2, 0) is 9.53 Å². The van der Waals surface area contributed by atoms with Crippen LogP contribution in [0.2, 0.25) is 0 Å². The number of ether oxygens (including phenoxy) is 1. The average molecular weight is 269 g/mol. The smallest absolute Gasteiger partial charge is 0.325 e. The molecular weight excluding hydrogens is 250 g/mol. The Hall–Kier alpha value is -1.14. The van der Waals surface area contributed by atoms with E-state index in [0.717, 1.165) is 17.2 Å². The quantitative estimate of drug-likeness (QED) is 0.460. The lowest BCUT2D eigenvalue weighted by atomic mass is 9.98. The van der Waals surface area contributed by atoms with Gasteiger partial charge in [-0.3, -0.25) is 9.78 Å². The van der Waals surface area contributed by atoms with Crippen molar-refractivity contribution in [1.29, 1.82) is 0 Å². The summed E-state index contributed by atoms with van der Waals surface area (Å²) in [5.74, 6) is 0.514. The molecule has 0 radical (unpaired) electrons. The van der Waals surface area contributed by atoms with Crippen molar-refractivity contribution in [2.45, 2.75) is 37.3 Å². The van der Waals surface area contributed by atoms with Crippen molar-refractivity contribution >= 4 is 17.7 Å². The Kier molecular flexibility index (Phi) is 6.07.